The summed E-state index contributed by atoms with van der Waals surface area (Å²) >= 11 is 0. The molecule has 0 unspecified atom stereocenters. The van der Waals surface area contributed by atoms with Crippen LogP contribution < -0.4 is 5.32 Å². The first kappa shape index (κ1) is 18.6. The second kappa shape index (κ2) is 7.21. The lowest BCUT2D eigenvalue weighted by atomic mass is 9.92. The standard InChI is InChI=1S/C16H22N2O5/c1-10-6-12(13(18(21)22)7-11(10)2)17-14(19)9-23-15(20)8-16(3,4)5/h6-7H,8-9H2,1-5H3,(H,17,19). The monoisotopic (exact) mass is 322 g/mol. The Bertz CT molecular complexity index is 632. The third kappa shape index (κ3) is 6.06. The lowest BCUT2D eigenvalue weighted by Gasteiger charge is -2.16. The van der Waals surface area contributed by atoms with Gasteiger partial charge in [0.1, 0.15) is 5.69 Å². The van der Waals surface area contributed by atoms with Gasteiger partial charge in [0, 0.05) is 6.07 Å². The lowest BCUT2D eigenvalue weighted by molar-refractivity contribution is -0.384. The summed E-state index contributed by atoms with van der Waals surface area (Å²) < 4.78 is 4.89. The van der Waals surface area contributed by atoms with Gasteiger partial charge in [-0.25, -0.2) is 0 Å². The fourth-order valence-corrected chi connectivity index (χ4v) is 1.87. The molecule has 126 valence electrons. The first-order valence-corrected chi connectivity index (χ1v) is 7.21. The van der Waals surface area contributed by atoms with Gasteiger partial charge in [0.25, 0.3) is 11.6 Å². The highest BCUT2D eigenvalue weighted by Gasteiger charge is 2.20. The van der Waals surface area contributed by atoms with Crippen LogP contribution in [0, 0.1) is 29.4 Å². The summed E-state index contributed by atoms with van der Waals surface area (Å²) in [6, 6.07) is 2.93. The van der Waals surface area contributed by atoms with Crippen molar-refractivity contribution >= 4 is 23.3 Å². The van der Waals surface area contributed by atoms with Gasteiger partial charge in [-0.2, -0.15) is 0 Å². The van der Waals surface area contributed by atoms with E-state index in [0.29, 0.717) is 0 Å². The Hall–Kier alpha value is -2.44. The molecule has 0 fully saturated rings. The summed E-state index contributed by atoms with van der Waals surface area (Å²) in [5.74, 6) is -1.10. The molecule has 0 aromatic heterocycles. The van der Waals surface area contributed by atoms with Gasteiger partial charge < -0.3 is 10.1 Å². The van der Waals surface area contributed by atoms with Crippen molar-refractivity contribution in [3.05, 3.63) is 33.4 Å². The third-order valence-electron chi connectivity index (χ3n) is 3.12. The Balaban J connectivity index is 2.73. The van der Waals surface area contributed by atoms with Crippen LogP contribution in [0.3, 0.4) is 0 Å². The maximum absolute atomic E-state index is 11.8. The van der Waals surface area contributed by atoms with Crippen molar-refractivity contribution < 1.29 is 19.2 Å². The number of nitrogens with one attached hydrogen (secondary N) is 1. The van der Waals surface area contributed by atoms with Crippen LogP contribution in [-0.2, 0) is 14.3 Å². The highest BCUT2D eigenvalue weighted by Crippen LogP contribution is 2.27. The molecule has 0 saturated heterocycles. The molecule has 0 aliphatic carbocycles. The van der Waals surface area contributed by atoms with Gasteiger partial charge >= 0.3 is 5.97 Å². The Kier molecular flexibility index (Phi) is 5.84. The van der Waals surface area contributed by atoms with E-state index in [9.17, 15) is 19.7 Å². The summed E-state index contributed by atoms with van der Waals surface area (Å²) in [7, 11) is 0. The van der Waals surface area contributed by atoms with Crippen molar-refractivity contribution in [2.75, 3.05) is 11.9 Å². The summed E-state index contributed by atoms with van der Waals surface area (Å²) in [6.45, 7) is 8.71. The number of ether oxygens (including phenoxy) is 1. The van der Waals surface area contributed by atoms with Crippen LogP contribution >= 0.6 is 0 Å². The molecule has 1 N–H and O–H groups in total. The van der Waals surface area contributed by atoms with Crippen molar-refractivity contribution in [1.82, 2.24) is 0 Å². The molecule has 0 bridgehead atoms. The molecule has 0 radical (unpaired) electrons. The van der Waals surface area contributed by atoms with Crippen LogP contribution in [0.1, 0.15) is 38.3 Å². The van der Waals surface area contributed by atoms with Crippen molar-refractivity contribution in [3.63, 3.8) is 0 Å². The summed E-state index contributed by atoms with van der Waals surface area (Å²) in [5, 5.41) is 13.5. The summed E-state index contributed by atoms with van der Waals surface area (Å²) in [5.41, 5.74) is 1.24. The van der Waals surface area contributed by atoms with Gasteiger partial charge in [-0.15, -0.1) is 0 Å². The second-order valence-electron chi connectivity index (χ2n) is 6.66. The molecule has 1 amide bonds. The van der Waals surface area contributed by atoms with E-state index in [1.54, 1.807) is 13.8 Å². The minimum atomic E-state index is -0.612. The largest absolute Gasteiger partial charge is 0.456 e. The zero-order valence-corrected chi connectivity index (χ0v) is 14.1. The molecule has 1 aromatic rings. The number of benzene rings is 1. The van der Waals surface area contributed by atoms with Crippen molar-refractivity contribution in [2.45, 2.75) is 41.0 Å². The third-order valence-corrected chi connectivity index (χ3v) is 3.12. The number of carbonyl (C=O) groups excluding carboxylic acids is 2. The smallest absolute Gasteiger partial charge is 0.306 e. The van der Waals surface area contributed by atoms with Crippen molar-refractivity contribution in [3.8, 4) is 0 Å². The Morgan fingerprint density at radius 2 is 1.78 bits per heavy atom. The average Bonchev–Trinajstić information content (AvgIpc) is 2.38. The van der Waals surface area contributed by atoms with Gasteiger partial charge in [0.2, 0.25) is 0 Å². The first-order valence-electron chi connectivity index (χ1n) is 7.21. The number of aryl methyl sites for hydroxylation is 2. The van der Waals surface area contributed by atoms with Crippen LogP contribution in [0.15, 0.2) is 12.1 Å². The molecule has 7 heteroatoms. The zero-order chi connectivity index (χ0) is 17.8. The summed E-state index contributed by atoms with van der Waals surface area (Å²) in [4.78, 5) is 33.9. The number of nitrogens with zero attached hydrogens (tertiary/aromatic N) is 1. The van der Waals surface area contributed by atoms with Gasteiger partial charge in [-0.1, -0.05) is 20.8 Å². The highest BCUT2D eigenvalue weighted by atomic mass is 16.6. The summed E-state index contributed by atoms with van der Waals surface area (Å²) in [6.07, 6.45) is 0.185. The van der Waals surface area contributed by atoms with E-state index in [4.69, 9.17) is 4.74 Å². The number of anilines is 1. The molecule has 0 aliphatic rings. The van der Waals surface area contributed by atoms with Crippen molar-refractivity contribution in [2.24, 2.45) is 5.41 Å². The number of esters is 1. The fourth-order valence-electron chi connectivity index (χ4n) is 1.87. The molecule has 1 aromatic carbocycles. The van der Waals surface area contributed by atoms with Crippen LogP contribution in [0.5, 0.6) is 0 Å². The number of rotatable bonds is 5. The van der Waals surface area contributed by atoms with Gasteiger partial charge in [0.05, 0.1) is 11.3 Å². The number of carbonyl (C=O) groups is 2. The predicted molar refractivity (Wildman–Crippen MR) is 86.2 cm³/mol. The molecule has 7 nitrogen and oxygen atoms in total. The highest BCUT2D eigenvalue weighted by molar-refractivity contribution is 5.95. The fraction of sp³-hybridized carbons (Fsp3) is 0.500. The normalized spacial score (nSPS) is 11.0. The van der Waals surface area contributed by atoms with Crippen LogP contribution in [-0.4, -0.2) is 23.4 Å². The molecule has 0 spiro atoms. The molecule has 23 heavy (non-hydrogen) atoms. The molecule has 0 saturated carbocycles. The SMILES string of the molecule is Cc1cc(NC(=O)COC(=O)CC(C)(C)C)c([N+](=O)[O-])cc1C. The molecule has 0 aliphatic heterocycles. The minimum Gasteiger partial charge on any atom is -0.456 e. The van der Waals surface area contributed by atoms with E-state index in [-0.39, 0.29) is 23.2 Å². The van der Waals surface area contributed by atoms with E-state index >= 15 is 0 Å². The predicted octanol–water partition coefficient (Wildman–Crippen LogP) is 3.13. The van der Waals surface area contributed by atoms with Crippen LogP contribution in [0.4, 0.5) is 11.4 Å². The van der Waals surface area contributed by atoms with E-state index < -0.39 is 23.4 Å². The minimum absolute atomic E-state index is 0.0926. The number of amides is 1. The molecule has 0 heterocycles. The Morgan fingerprint density at radius 1 is 1.22 bits per heavy atom. The lowest BCUT2D eigenvalue weighted by Crippen LogP contribution is -2.23. The Labute approximate surface area is 135 Å². The number of nitro groups is 1. The second-order valence-corrected chi connectivity index (χ2v) is 6.66. The maximum atomic E-state index is 11.8. The maximum Gasteiger partial charge on any atom is 0.306 e. The van der Waals surface area contributed by atoms with E-state index in [2.05, 4.69) is 5.32 Å². The number of hydrogen-bond donors (Lipinski definition) is 1. The van der Waals surface area contributed by atoms with Crippen molar-refractivity contribution in [1.29, 1.82) is 0 Å². The molecular weight excluding hydrogens is 300 g/mol. The van der Waals surface area contributed by atoms with E-state index in [0.717, 1.165) is 11.1 Å². The molecular formula is C16H22N2O5. The van der Waals surface area contributed by atoms with E-state index in [1.165, 1.54) is 12.1 Å². The van der Waals surface area contributed by atoms with E-state index in [1.807, 2.05) is 20.8 Å². The first-order chi connectivity index (χ1) is 10.5. The average molecular weight is 322 g/mol. The number of nitro benzene ring substituents is 1. The topological polar surface area (TPSA) is 98.5 Å². The quantitative estimate of drug-likeness (QED) is 0.510. The van der Waals surface area contributed by atoms with Gasteiger partial charge in [0.15, 0.2) is 6.61 Å². The molecule has 1 rings (SSSR count). The van der Waals surface area contributed by atoms with Gasteiger partial charge in [-0.05, 0) is 36.5 Å². The molecule has 0 atom stereocenters. The van der Waals surface area contributed by atoms with Crippen LogP contribution in [0.25, 0.3) is 0 Å². The number of hydrogen-bond acceptors (Lipinski definition) is 5. The zero-order valence-electron chi connectivity index (χ0n) is 14.1. The van der Waals surface area contributed by atoms with Gasteiger partial charge in [-0.3, -0.25) is 19.7 Å². The van der Waals surface area contributed by atoms with Crippen LogP contribution in [0.2, 0.25) is 0 Å². The Morgan fingerprint density at radius 3 is 2.30 bits per heavy atom.